The molecule has 1 aliphatic heterocycles. The summed E-state index contributed by atoms with van der Waals surface area (Å²) in [6, 6.07) is 11.9. The van der Waals surface area contributed by atoms with E-state index in [1.54, 1.807) is 12.1 Å². The summed E-state index contributed by atoms with van der Waals surface area (Å²) in [5.41, 5.74) is 4.71. The Bertz CT molecular complexity index is 694. The van der Waals surface area contributed by atoms with Crippen LogP contribution in [0.15, 0.2) is 36.4 Å². The molecule has 4 heteroatoms. The number of rotatable bonds is 4. The van der Waals surface area contributed by atoms with Crippen LogP contribution < -0.4 is 0 Å². The Morgan fingerprint density at radius 3 is 2.17 bits per heavy atom. The molecule has 0 fully saturated rings. The lowest BCUT2D eigenvalue weighted by Gasteiger charge is -2.18. The largest absolute Gasteiger partial charge is 0.504 e. The van der Waals surface area contributed by atoms with Gasteiger partial charge in [-0.3, -0.25) is 0 Å². The lowest BCUT2D eigenvalue weighted by atomic mass is 10.1. The Labute approximate surface area is 142 Å². The quantitative estimate of drug-likeness (QED) is 0.656. The maximum absolute atomic E-state index is 9.59. The highest BCUT2D eigenvalue weighted by Crippen LogP contribution is 2.33. The lowest BCUT2D eigenvalue weighted by Crippen LogP contribution is -2.23. The normalized spacial score (nSPS) is 13.2. The monoisotopic (exact) mass is 327 g/mol. The van der Waals surface area contributed by atoms with Crippen LogP contribution in [0.25, 0.3) is 0 Å². The van der Waals surface area contributed by atoms with Crippen LogP contribution >= 0.6 is 12.2 Å². The number of thiocarbonyl (C=S) groups is 1. The van der Waals surface area contributed by atoms with Gasteiger partial charge < -0.3 is 15.1 Å². The van der Waals surface area contributed by atoms with Crippen LogP contribution in [0.4, 0.5) is 0 Å². The number of aromatic hydroxyl groups is 2. The van der Waals surface area contributed by atoms with Crippen molar-refractivity contribution in [3.63, 3.8) is 0 Å². The first-order chi connectivity index (χ1) is 11.0. The first-order valence-corrected chi connectivity index (χ1v) is 8.31. The topological polar surface area (TPSA) is 43.7 Å². The zero-order chi connectivity index (χ0) is 16.4. The zero-order valence-electron chi connectivity index (χ0n) is 13.2. The minimum atomic E-state index is -0.0594. The number of hydrogen-bond donors (Lipinski definition) is 2. The van der Waals surface area contributed by atoms with E-state index in [0.717, 1.165) is 35.4 Å². The molecule has 2 N–H and O–H groups in total. The van der Waals surface area contributed by atoms with Crippen LogP contribution in [-0.4, -0.2) is 20.1 Å². The van der Waals surface area contributed by atoms with Crippen LogP contribution in [-0.2, 0) is 19.5 Å². The Hall–Kier alpha value is -2.07. The van der Waals surface area contributed by atoms with E-state index in [-0.39, 0.29) is 11.5 Å². The van der Waals surface area contributed by atoms with Gasteiger partial charge in [-0.1, -0.05) is 42.0 Å². The third kappa shape index (κ3) is 3.64. The minimum Gasteiger partial charge on any atom is -0.504 e. The molecule has 120 valence electrons. The van der Waals surface area contributed by atoms with Crippen molar-refractivity contribution in [2.75, 3.05) is 0 Å². The van der Waals surface area contributed by atoms with E-state index in [1.165, 1.54) is 11.1 Å². The Balaban J connectivity index is 1.53. The van der Waals surface area contributed by atoms with Crippen molar-refractivity contribution in [1.29, 1.82) is 0 Å². The molecule has 0 radical (unpaired) electrons. The molecule has 0 atom stereocenters. The van der Waals surface area contributed by atoms with Gasteiger partial charge in [0.2, 0.25) is 0 Å². The number of aryl methyl sites for hydroxylation is 2. The van der Waals surface area contributed by atoms with Crippen LogP contribution in [0.3, 0.4) is 0 Å². The van der Waals surface area contributed by atoms with Gasteiger partial charge in [-0.2, -0.15) is 0 Å². The molecule has 0 saturated carbocycles. The van der Waals surface area contributed by atoms with Crippen molar-refractivity contribution in [3.05, 3.63) is 58.7 Å². The van der Waals surface area contributed by atoms with Crippen LogP contribution in [0, 0.1) is 6.92 Å². The minimum absolute atomic E-state index is 0.0594. The van der Waals surface area contributed by atoms with Gasteiger partial charge in [-0.25, -0.2) is 0 Å². The highest BCUT2D eigenvalue weighted by atomic mass is 32.1. The van der Waals surface area contributed by atoms with Crippen molar-refractivity contribution >= 4 is 17.2 Å². The fourth-order valence-corrected chi connectivity index (χ4v) is 3.23. The standard InChI is InChI=1S/C19H21NO2S/c1-13-5-7-14(8-6-13)3-2-4-19(23)20-11-15-9-17(21)18(22)10-16(15)12-20/h5-10,21-22H,2-4,11-12H2,1H3. The van der Waals surface area contributed by atoms with E-state index in [2.05, 4.69) is 36.1 Å². The molecule has 0 saturated heterocycles. The maximum atomic E-state index is 9.59. The number of hydrogen-bond acceptors (Lipinski definition) is 3. The van der Waals surface area contributed by atoms with E-state index in [4.69, 9.17) is 12.2 Å². The third-order valence-corrected chi connectivity index (χ3v) is 4.81. The summed E-state index contributed by atoms with van der Waals surface area (Å²) >= 11 is 5.56. The first-order valence-electron chi connectivity index (χ1n) is 7.90. The molecule has 1 heterocycles. The molecule has 0 aliphatic carbocycles. The van der Waals surface area contributed by atoms with Crippen molar-refractivity contribution in [2.24, 2.45) is 0 Å². The van der Waals surface area contributed by atoms with Crippen LogP contribution in [0.2, 0.25) is 0 Å². The highest BCUT2D eigenvalue weighted by molar-refractivity contribution is 7.80. The van der Waals surface area contributed by atoms with Gasteiger partial charge in [-0.05, 0) is 55.0 Å². The molecular formula is C19H21NO2S. The van der Waals surface area contributed by atoms with E-state index in [9.17, 15) is 10.2 Å². The summed E-state index contributed by atoms with van der Waals surface area (Å²) in [7, 11) is 0. The van der Waals surface area contributed by atoms with E-state index < -0.39 is 0 Å². The van der Waals surface area contributed by atoms with E-state index in [0.29, 0.717) is 13.1 Å². The molecule has 1 aliphatic rings. The average molecular weight is 327 g/mol. The van der Waals surface area contributed by atoms with Gasteiger partial charge >= 0.3 is 0 Å². The van der Waals surface area contributed by atoms with Gasteiger partial charge in [-0.15, -0.1) is 0 Å². The smallest absolute Gasteiger partial charge is 0.157 e. The first kappa shape index (κ1) is 15.8. The molecule has 2 aromatic carbocycles. The van der Waals surface area contributed by atoms with Crippen molar-refractivity contribution in [3.8, 4) is 11.5 Å². The number of nitrogens with zero attached hydrogens (tertiary/aromatic N) is 1. The third-order valence-electron chi connectivity index (χ3n) is 4.35. The Morgan fingerprint density at radius 1 is 1.04 bits per heavy atom. The van der Waals surface area contributed by atoms with Crippen LogP contribution in [0.5, 0.6) is 11.5 Å². The van der Waals surface area contributed by atoms with E-state index >= 15 is 0 Å². The lowest BCUT2D eigenvalue weighted by molar-refractivity contribution is 0.403. The second kappa shape index (κ2) is 6.59. The zero-order valence-corrected chi connectivity index (χ0v) is 14.1. The molecule has 23 heavy (non-hydrogen) atoms. The highest BCUT2D eigenvalue weighted by Gasteiger charge is 2.22. The Kier molecular flexibility index (Phi) is 4.53. The number of fused-ring (bicyclic) bond motifs is 1. The predicted octanol–water partition coefficient (Wildman–Crippen LogP) is 4.07. The van der Waals surface area contributed by atoms with E-state index in [1.807, 2.05) is 0 Å². The van der Waals surface area contributed by atoms with Crippen LogP contribution in [0.1, 0.15) is 35.1 Å². The summed E-state index contributed by atoms with van der Waals surface area (Å²) < 4.78 is 0. The SMILES string of the molecule is Cc1ccc(CCCC(=S)N2Cc3cc(O)c(O)cc3C2)cc1. The molecule has 3 nitrogen and oxygen atoms in total. The van der Waals surface area contributed by atoms with Gasteiger partial charge in [0.25, 0.3) is 0 Å². The number of phenols is 2. The van der Waals surface area contributed by atoms with Gasteiger partial charge in [0.15, 0.2) is 11.5 Å². The molecule has 0 bridgehead atoms. The van der Waals surface area contributed by atoms with Gasteiger partial charge in [0.1, 0.15) is 0 Å². The molecule has 0 unspecified atom stereocenters. The summed E-state index contributed by atoms with van der Waals surface area (Å²) in [5, 5.41) is 19.2. The molecule has 3 rings (SSSR count). The molecule has 0 amide bonds. The van der Waals surface area contributed by atoms with Gasteiger partial charge in [0, 0.05) is 13.1 Å². The summed E-state index contributed by atoms with van der Waals surface area (Å²) in [6.07, 6.45) is 2.95. The fourth-order valence-electron chi connectivity index (χ4n) is 2.96. The van der Waals surface area contributed by atoms with Gasteiger partial charge in [0.05, 0.1) is 4.99 Å². The molecule has 0 aromatic heterocycles. The second-order valence-corrected chi connectivity index (χ2v) is 6.67. The second-order valence-electron chi connectivity index (χ2n) is 6.20. The van der Waals surface area contributed by atoms with Crippen molar-refractivity contribution in [1.82, 2.24) is 4.90 Å². The summed E-state index contributed by atoms with van der Waals surface area (Å²) in [4.78, 5) is 3.10. The Morgan fingerprint density at radius 2 is 1.61 bits per heavy atom. The maximum Gasteiger partial charge on any atom is 0.157 e. The fraction of sp³-hybridized carbons (Fsp3) is 0.316. The number of benzene rings is 2. The summed E-state index contributed by atoms with van der Waals surface area (Å²) in [5.74, 6) is -0.119. The van der Waals surface area contributed by atoms with Crippen molar-refractivity contribution in [2.45, 2.75) is 39.3 Å². The average Bonchev–Trinajstić information content (AvgIpc) is 2.92. The van der Waals surface area contributed by atoms with Crippen molar-refractivity contribution < 1.29 is 10.2 Å². The molecule has 0 spiro atoms. The summed E-state index contributed by atoms with van der Waals surface area (Å²) in [6.45, 7) is 3.53. The number of phenolic OH excluding ortho intramolecular Hbond substituents is 2. The predicted molar refractivity (Wildman–Crippen MR) is 95.7 cm³/mol. The molecule has 2 aromatic rings. The molecular weight excluding hydrogens is 306 g/mol.